The van der Waals surface area contributed by atoms with E-state index in [0.29, 0.717) is 43.2 Å². The molecule has 1 rings (SSSR count). The number of rotatable bonds is 10. The van der Waals surface area contributed by atoms with Gasteiger partial charge in [-0.2, -0.15) is 0 Å². The minimum atomic E-state index is -0.783. The Balaban J connectivity index is 2.68. The van der Waals surface area contributed by atoms with Crippen LogP contribution in [0, 0.1) is 0 Å². The maximum Gasteiger partial charge on any atom is 0.303 e. The molecular weight excluding hydrogens is 274 g/mol. The lowest BCUT2D eigenvalue weighted by Crippen LogP contribution is -2.09. The van der Waals surface area contributed by atoms with Gasteiger partial charge in [0.1, 0.15) is 17.2 Å². The molecule has 0 atom stereocenters. The van der Waals surface area contributed by atoms with Crippen LogP contribution in [0.1, 0.15) is 24.8 Å². The summed E-state index contributed by atoms with van der Waals surface area (Å²) in [5, 5.41) is 11.6. The molecule has 1 aromatic rings. The number of unbranched alkanes of at least 4 members (excludes halogenated alkanes) is 1. The molecule has 0 radical (unpaired) electrons. The van der Waals surface area contributed by atoms with Gasteiger partial charge in [-0.15, -0.1) is 0 Å². The summed E-state index contributed by atoms with van der Waals surface area (Å²) in [5.41, 5.74) is 0.931. The van der Waals surface area contributed by atoms with Crippen molar-refractivity contribution in [2.75, 3.05) is 27.9 Å². The lowest BCUT2D eigenvalue weighted by molar-refractivity contribution is -0.137. The van der Waals surface area contributed by atoms with Gasteiger partial charge in [-0.3, -0.25) is 4.79 Å². The van der Waals surface area contributed by atoms with Crippen molar-refractivity contribution in [3.05, 3.63) is 17.7 Å². The van der Waals surface area contributed by atoms with E-state index in [1.54, 1.807) is 14.2 Å². The largest absolute Gasteiger partial charge is 0.496 e. The molecule has 0 unspecified atom stereocenters. The number of carboxylic acids is 1. The number of hydrogen-bond donors (Lipinski definition) is 2. The Labute approximate surface area is 125 Å². The minimum Gasteiger partial charge on any atom is -0.496 e. The molecule has 2 N–H and O–H groups in total. The van der Waals surface area contributed by atoms with E-state index in [2.05, 4.69) is 5.32 Å². The Morgan fingerprint density at radius 3 is 2.29 bits per heavy atom. The van der Waals surface area contributed by atoms with Crippen molar-refractivity contribution in [2.45, 2.75) is 25.8 Å². The molecule has 6 heteroatoms. The highest BCUT2D eigenvalue weighted by molar-refractivity contribution is 5.66. The van der Waals surface area contributed by atoms with Crippen LogP contribution < -0.4 is 19.5 Å². The fourth-order valence-corrected chi connectivity index (χ4v) is 1.96. The molecule has 0 aromatic heterocycles. The van der Waals surface area contributed by atoms with Gasteiger partial charge in [-0.25, -0.2) is 0 Å². The number of nitrogens with one attached hydrogen (secondary N) is 1. The minimum absolute atomic E-state index is 0.164. The quantitative estimate of drug-likeness (QED) is 0.644. The summed E-state index contributed by atoms with van der Waals surface area (Å²) in [6.45, 7) is 1.09. The fourth-order valence-electron chi connectivity index (χ4n) is 1.96. The summed E-state index contributed by atoms with van der Waals surface area (Å²) in [4.78, 5) is 10.4. The van der Waals surface area contributed by atoms with Gasteiger partial charge in [0, 0.05) is 25.1 Å². The monoisotopic (exact) mass is 297 g/mol. The number of methoxy groups -OCH3 is 2. The van der Waals surface area contributed by atoms with Crippen LogP contribution in [-0.4, -0.2) is 38.9 Å². The average molecular weight is 297 g/mol. The van der Waals surface area contributed by atoms with Crippen molar-refractivity contribution in [2.24, 2.45) is 0 Å². The highest BCUT2D eigenvalue weighted by Crippen LogP contribution is 2.34. The first kappa shape index (κ1) is 17.1. The first-order valence-electron chi connectivity index (χ1n) is 6.86. The van der Waals surface area contributed by atoms with Gasteiger partial charge < -0.3 is 24.6 Å². The van der Waals surface area contributed by atoms with Crippen molar-refractivity contribution in [1.82, 2.24) is 5.32 Å². The zero-order valence-corrected chi connectivity index (χ0v) is 12.8. The van der Waals surface area contributed by atoms with Gasteiger partial charge in [0.2, 0.25) is 0 Å². The second-order valence-corrected chi connectivity index (χ2v) is 4.54. The molecule has 0 saturated carbocycles. The van der Waals surface area contributed by atoms with Gasteiger partial charge in [-0.05, 0) is 19.9 Å². The molecule has 0 fully saturated rings. The average Bonchev–Trinajstić information content (AvgIpc) is 2.47. The Kier molecular flexibility index (Phi) is 7.39. The zero-order valence-electron chi connectivity index (χ0n) is 12.8. The highest BCUT2D eigenvalue weighted by atomic mass is 16.5. The molecule has 0 aliphatic heterocycles. The third-order valence-corrected chi connectivity index (χ3v) is 2.99. The number of benzene rings is 1. The summed E-state index contributed by atoms with van der Waals surface area (Å²) in [6, 6.07) is 3.62. The van der Waals surface area contributed by atoms with Crippen molar-refractivity contribution in [3.63, 3.8) is 0 Å². The number of carbonyl (C=O) groups is 1. The molecule has 0 spiro atoms. The van der Waals surface area contributed by atoms with Crippen LogP contribution in [0.3, 0.4) is 0 Å². The number of hydrogen-bond acceptors (Lipinski definition) is 5. The number of carboxylic acid groups (broad SMARTS) is 1. The van der Waals surface area contributed by atoms with Gasteiger partial charge >= 0.3 is 5.97 Å². The van der Waals surface area contributed by atoms with Crippen LogP contribution in [-0.2, 0) is 11.3 Å². The van der Waals surface area contributed by atoms with Gasteiger partial charge in [0.05, 0.1) is 26.4 Å². The van der Waals surface area contributed by atoms with E-state index in [1.807, 2.05) is 19.2 Å². The van der Waals surface area contributed by atoms with E-state index in [0.717, 1.165) is 5.56 Å². The number of ether oxygens (including phenoxy) is 3. The second-order valence-electron chi connectivity index (χ2n) is 4.54. The Morgan fingerprint density at radius 2 is 1.81 bits per heavy atom. The van der Waals surface area contributed by atoms with Crippen molar-refractivity contribution >= 4 is 5.97 Å². The first-order valence-corrected chi connectivity index (χ1v) is 6.86. The van der Waals surface area contributed by atoms with E-state index < -0.39 is 5.97 Å². The standard InChI is InChI=1S/C15H23NO5/c1-16-10-12-13(19-2)8-11(9-14(12)20-3)21-7-5-4-6-15(17)18/h8-9,16H,4-7,10H2,1-3H3,(H,17,18). The highest BCUT2D eigenvalue weighted by Gasteiger charge is 2.12. The second kappa shape index (κ2) is 9.07. The summed E-state index contributed by atoms with van der Waals surface area (Å²) in [7, 11) is 5.06. The SMILES string of the molecule is CNCc1c(OC)cc(OCCCCC(=O)O)cc1OC. The molecule has 0 aliphatic carbocycles. The molecule has 0 saturated heterocycles. The third-order valence-electron chi connectivity index (χ3n) is 2.99. The van der Waals surface area contributed by atoms with E-state index >= 15 is 0 Å². The molecule has 0 bridgehead atoms. The molecule has 0 aliphatic rings. The van der Waals surface area contributed by atoms with Crippen LogP contribution in [0.25, 0.3) is 0 Å². The Morgan fingerprint density at radius 1 is 1.19 bits per heavy atom. The molecule has 1 aromatic carbocycles. The van der Waals surface area contributed by atoms with Crippen LogP contribution in [0.2, 0.25) is 0 Å². The molecule has 21 heavy (non-hydrogen) atoms. The molecule has 6 nitrogen and oxygen atoms in total. The Hall–Kier alpha value is -1.95. The van der Waals surface area contributed by atoms with Crippen LogP contribution >= 0.6 is 0 Å². The first-order chi connectivity index (χ1) is 10.1. The van der Waals surface area contributed by atoms with Crippen LogP contribution in [0.15, 0.2) is 12.1 Å². The topological polar surface area (TPSA) is 77.0 Å². The van der Waals surface area contributed by atoms with E-state index in [1.165, 1.54) is 0 Å². The predicted molar refractivity (Wildman–Crippen MR) is 79.3 cm³/mol. The maximum atomic E-state index is 10.4. The lowest BCUT2D eigenvalue weighted by atomic mass is 10.1. The molecule has 118 valence electrons. The third kappa shape index (κ3) is 5.51. The van der Waals surface area contributed by atoms with Crippen LogP contribution in [0.4, 0.5) is 0 Å². The summed E-state index contributed by atoms with van der Waals surface area (Å²) < 4.78 is 16.4. The van der Waals surface area contributed by atoms with Gasteiger partial charge in [0.25, 0.3) is 0 Å². The maximum absolute atomic E-state index is 10.4. The van der Waals surface area contributed by atoms with E-state index in [9.17, 15) is 4.79 Å². The zero-order chi connectivity index (χ0) is 15.7. The lowest BCUT2D eigenvalue weighted by Gasteiger charge is -2.15. The Bertz CT molecular complexity index is 436. The van der Waals surface area contributed by atoms with E-state index in [-0.39, 0.29) is 6.42 Å². The van der Waals surface area contributed by atoms with Crippen molar-refractivity contribution in [3.8, 4) is 17.2 Å². The fraction of sp³-hybridized carbons (Fsp3) is 0.533. The normalized spacial score (nSPS) is 10.2. The van der Waals surface area contributed by atoms with Gasteiger partial charge in [-0.1, -0.05) is 0 Å². The van der Waals surface area contributed by atoms with Gasteiger partial charge in [0.15, 0.2) is 0 Å². The summed E-state index contributed by atoms with van der Waals surface area (Å²) in [6.07, 6.45) is 1.45. The summed E-state index contributed by atoms with van der Waals surface area (Å²) in [5.74, 6) is 1.27. The molecule has 0 amide bonds. The number of aliphatic carboxylic acids is 1. The molecule has 0 heterocycles. The summed E-state index contributed by atoms with van der Waals surface area (Å²) >= 11 is 0. The van der Waals surface area contributed by atoms with Crippen molar-refractivity contribution < 1.29 is 24.1 Å². The van der Waals surface area contributed by atoms with E-state index in [4.69, 9.17) is 19.3 Å². The molecular formula is C15H23NO5. The van der Waals surface area contributed by atoms with Crippen molar-refractivity contribution in [1.29, 1.82) is 0 Å². The van der Waals surface area contributed by atoms with Crippen LogP contribution in [0.5, 0.6) is 17.2 Å². The predicted octanol–water partition coefficient (Wildman–Crippen LogP) is 2.06. The smallest absolute Gasteiger partial charge is 0.303 e.